The van der Waals surface area contributed by atoms with Gasteiger partial charge in [-0.05, 0) is 36.1 Å². The first-order chi connectivity index (χ1) is 13.1. The van der Waals surface area contributed by atoms with Crippen LogP contribution in [-0.2, 0) is 20.7 Å². The van der Waals surface area contributed by atoms with Crippen LogP contribution in [0.4, 0.5) is 5.69 Å². The summed E-state index contributed by atoms with van der Waals surface area (Å²) in [5, 5.41) is 4.80. The highest BCUT2D eigenvalue weighted by atomic mass is 16.5. The summed E-state index contributed by atoms with van der Waals surface area (Å²) in [5.74, 6) is -0.106. The van der Waals surface area contributed by atoms with E-state index in [1.165, 1.54) is 0 Å². The smallest absolute Gasteiger partial charge is 0.311 e. The molecule has 0 aliphatic heterocycles. The number of amides is 1. The third-order valence-corrected chi connectivity index (χ3v) is 4.23. The van der Waals surface area contributed by atoms with Crippen molar-refractivity contribution in [1.82, 2.24) is 0 Å². The van der Waals surface area contributed by atoms with Crippen molar-refractivity contribution < 1.29 is 19.1 Å². The Hall–Kier alpha value is -3.34. The molecule has 0 radical (unpaired) electrons. The number of benzene rings is 3. The third kappa shape index (κ3) is 4.64. The number of hydrogen-bond donors (Lipinski definition) is 1. The Morgan fingerprint density at radius 2 is 1.67 bits per heavy atom. The van der Waals surface area contributed by atoms with Gasteiger partial charge in [0.05, 0.1) is 13.5 Å². The molecule has 0 aromatic heterocycles. The van der Waals surface area contributed by atoms with Crippen LogP contribution in [0.1, 0.15) is 12.5 Å². The van der Waals surface area contributed by atoms with Crippen molar-refractivity contribution >= 4 is 28.3 Å². The van der Waals surface area contributed by atoms with Crippen LogP contribution < -0.4 is 10.1 Å². The van der Waals surface area contributed by atoms with E-state index in [1.807, 2.05) is 42.5 Å². The van der Waals surface area contributed by atoms with Crippen LogP contribution in [0.25, 0.3) is 10.8 Å². The number of carbonyl (C=O) groups is 2. The number of methoxy groups -OCH3 is 1. The van der Waals surface area contributed by atoms with Gasteiger partial charge in [-0.15, -0.1) is 0 Å². The molecule has 1 atom stereocenters. The summed E-state index contributed by atoms with van der Waals surface area (Å²) in [4.78, 5) is 24.5. The maximum atomic E-state index is 12.4. The Morgan fingerprint density at radius 3 is 2.41 bits per heavy atom. The highest BCUT2D eigenvalue weighted by Crippen LogP contribution is 2.23. The van der Waals surface area contributed by atoms with Gasteiger partial charge >= 0.3 is 5.97 Å². The van der Waals surface area contributed by atoms with E-state index < -0.39 is 12.1 Å². The number of nitrogens with one attached hydrogen (secondary N) is 1. The largest absolute Gasteiger partial charge is 0.497 e. The molecule has 0 aliphatic rings. The molecule has 0 unspecified atom stereocenters. The summed E-state index contributed by atoms with van der Waals surface area (Å²) in [7, 11) is 1.58. The van der Waals surface area contributed by atoms with Crippen LogP contribution in [0.5, 0.6) is 5.75 Å². The van der Waals surface area contributed by atoms with Crippen molar-refractivity contribution in [2.75, 3.05) is 12.4 Å². The fourth-order valence-corrected chi connectivity index (χ4v) is 2.77. The molecule has 3 rings (SSSR count). The number of carbonyl (C=O) groups excluding carboxylic acids is 2. The molecule has 3 aromatic carbocycles. The average molecular weight is 363 g/mol. The lowest BCUT2D eigenvalue weighted by Crippen LogP contribution is -2.30. The van der Waals surface area contributed by atoms with E-state index in [9.17, 15) is 9.59 Å². The zero-order valence-corrected chi connectivity index (χ0v) is 15.3. The van der Waals surface area contributed by atoms with E-state index in [2.05, 4.69) is 5.32 Å². The minimum absolute atomic E-state index is 0.0931. The molecule has 0 spiro atoms. The second-order valence-corrected chi connectivity index (χ2v) is 6.17. The SMILES string of the molecule is COc1ccc(CC(=O)O[C@@H](C)C(=O)Nc2cccc3ccccc23)cc1. The standard InChI is InChI=1S/C22H21NO4/c1-15(27-21(24)14-16-10-12-18(26-2)13-11-16)22(25)23-20-9-5-7-17-6-3-4-8-19(17)20/h3-13,15H,14H2,1-2H3,(H,23,25)/t15-/m0/s1. The predicted octanol–water partition coefficient (Wildman–Crippen LogP) is 3.96. The van der Waals surface area contributed by atoms with Crippen LogP contribution in [0.3, 0.4) is 0 Å². The molecule has 0 heterocycles. The van der Waals surface area contributed by atoms with E-state index in [4.69, 9.17) is 9.47 Å². The second kappa shape index (κ2) is 8.36. The zero-order valence-electron chi connectivity index (χ0n) is 15.3. The lowest BCUT2D eigenvalue weighted by molar-refractivity contribution is -0.152. The van der Waals surface area contributed by atoms with Gasteiger partial charge in [-0.1, -0.05) is 48.5 Å². The van der Waals surface area contributed by atoms with Gasteiger partial charge in [0.2, 0.25) is 0 Å². The van der Waals surface area contributed by atoms with Crippen molar-refractivity contribution in [1.29, 1.82) is 0 Å². The lowest BCUT2D eigenvalue weighted by atomic mass is 10.1. The Labute approximate surface area is 157 Å². The van der Waals surface area contributed by atoms with Crippen molar-refractivity contribution in [3.05, 3.63) is 72.3 Å². The molecule has 0 saturated heterocycles. The summed E-state index contributed by atoms with van der Waals surface area (Å²) in [6, 6.07) is 20.6. The number of anilines is 1. The van der Waals surface area contributed by atoms with Crippen LogP contribution in [-0.4, -0.2) is 25.1 Å². The minimum atomic E-state index is -0.894. The Morgan fingerprint density at radius 1 is 0.963 bits per heavy atom. The van der Waals surface area contributed by atoms with Gasteiger partial charge in [0.25, 0.3) is 5.91 Å². The Balaban J connectivity index is 1.60. The maximum absolute atomic E-state index is 12.4. The first kappa shape index (κ1) is 18.5. The van der Waals surface area contributed by atoms with Crippen molar-refractivity contribution in [3.63, 3.8) is 0 Å². The molecule has 27 heavy (non-hydrogen) atoms. The second-order valence-electron chi connectivity index (χ2n) is 6.17. The maximum Gasteiger partial charge on any atom is 0.311 e. The van der Waals surface area contributed by atoms with Gasteiger partial charge in [0.15, 0.2) is 6.10 Å². The van der Waals surface area contributed by atoms with Gasteiger partial charge in [-0.25, -0.2) is 0 Å². The number of hydrogen-bond acceptors (Lipinski definition) is 4. The van der Waals surface area contributed by atoms with Gasteiger partial charge in [-0.2, -0.15) is 0 Å². The fraction of sp³-hybridized carbons (Fsp3) is 0.182. The highest BCUT2D eigenvalue weighted by molar-refractivity contribution is 6.03. The summed E-state index contributed by atoms with van der Waals surface area (Å²) >= 11 is 0. The summed E-state index contributed by atoms with van der Waals surface area (Å²) in [6.45, 7) is 1.56. The first-order valence-electron chi connectivity index (χ1n) is 8.68. The predicted molar refractivity (Wildman–Crippen MR) is 105 cm³/mol. The highest BCUT2D eigenvalue weighted by Gasteiger charge is 2.19. The van der Waals surface area contributed by atoms with Crippen molar-refractivity contribution in [2.24, 2.45) is 0 Å². The number of fused-ring (bicyclic) bond motifs is 1. The number of rotatable bonds is 6. The van der Waals surface area contributed by atoms with Crippen molar-refractivity contribution in [3.8, 4) is 5.75 Å². The normalized spacial score (nSPS) is 11.6. The van der Waals surface area contributed by atoms with Gasteiger partial charge < -0.3 is 14.8 Å². The molecule has 0 bridgehead atoms. The molecule has 1 N–H and O–H groups in total. The summed E-state index contributed by atoms with van der Waals surface area (Å²) < 4.78 is 10.4. The number of esters is 1. The molecule has 3 aromatic rings. The summed E-state index contributed by atoms with van der Waals surface area (Å²) in [6.07, 6.45) is -0.801. The van der Waals surface area contributed by atoms with Gasteiger partial charge in [0.1, 0.15) is 5.75 Å². The molecule has 0 fully saturated rings. The van der Waals surface area contributed by atoms with E-state index >= 15 is 0 Å². The number of ether oxygens (including phenoxy) is 2. The topological polar surface area (TPSA) is 64.6 Å². The van der Waals surface area contributed by atoms with E-state index in [-0.39, 0.29) is 12.3 Å². The van der Waals surface area contributed by atoms with E-state index in [0.717, 1.165) is 22.1 Å². The molecule has 0 aliphatic carbocycles. The lowest BCUT2D eigenvalue weighted by Gasteiger charge is -2.15. The Bertz CT molecular complexity index is 945. The Kier molecular flexibility index (Phi) is 5.71. The van der Waals surface area contributed by atoms with E-state index in [0.29, 0.717) is 5.69 Å². The summed E-state index contributed by atoms with van der Waals surface area (Å²) in [5.41, 5.74) is 1.48. The molecule has 5 heteroatoms. The monoisotopic (exact) mass is 363 g/mol. The minimum Gasteiger partial charge on any atom is -0.497 e. The molecular weight excluding hydrogens is 342 g/mol. The molecular formula is C22H21NO4. The quantitative estimate of drug-likeness (QED) is 0.673. The molecule has 138 valence electrons. The molecule has 5 nitrogen and oxygen atoms in total. The van der Waals surface area contributed by atoms with Crippen LogP contribution in [0.2, 0.25) is 0 Å². The van der Waals surface area contributed by atoms with E-state index in [1.54, 1.807) is 38.3 Å². The fourth-order valence-electron chi connectivity index (χ4n) is 2.77. The molecule has 1 amide bonds. The zero-order chi connectivity index (χ0) is 19.2. The third-order valence-electron chi connectivity index (χ3n) is 4.23. The van der Waals surface area contributed by atoms with Crippen LogP contribution in [0.15, 0.2) is 66.7 Å². The van der Waals surface area contributed by atoms with Crippen LogP contribution in [0, 0.1) is 0 Å². The molecule has 0 saturated carbocycles. The van der Waals surface area contributed by atoms with Gasteiger partial charge in [-0.3, -0.25) is 9.59 Å². The first-order valence-corrected chi connectivity index (χ1v) is 8.68. The van der Waals surface area contributed by atoms with Crippen LogP contribution >= 0.6 is 0 Å². The average Bonchev–Trinajstić information content (AvgIpc) is 2.68. The van der Waals surface area contributed by atoms with Gasteiger partial charge in [0, 0.05) is 11.1 Å². The van der Waals surface area contributed by atoms with Crippen molar-refractivity contribution in [2.45, 2.75) is 19.4 Å².